The molecule has 0 saturated carbocycles. The van der Waals surface area contributed by atoms with E-state index in [0.717, 1.165) is 6.07 Å². The quantitative estimate of drug-likeness (QED) is 0.0961. The molecule has 2 bridgehead atoms. The van der Waals surface area contributed by atoms with Gasteiger partial charge in [0.15, 0.2) is 0 Å². The Kier molecular flexibility index (Phi) is 10.6. The van der Waals surface area contributed by atoms with E-state index in [4.69, 9.17) is 4.74 Å². The van der Waals surface area contributed by atoms with Gasteiger partial charge in [-0.3, -0.25) is 4.98 Å². The molecule has 3 aliphatic rings. The summed E-state index contributed by atoms with van der Waals surface area (Å²) in [6.45, 7) is 4.75. The summed E-state index contributed by atoms with van der Waals surface area (Å²) >= 11 is 0. The van der Waals surface area contributed by atoms with E-state index in [1.807, 2.05) is 0 Å². The van der Waals surface area contributed by atoms with E-state index in [2.05, 4.69) is 11.6 Å². The topological polar surface area (TPSA) is 42.4 Å². The number of hydrogen-bond acceptors (Lipinski definition) is 3. The van der Waals surface area contributed by atoms with E-state index < -0.39 is 70.2 Å². The Morgan fingerprint density at radius 2 is 1.24 bits per heavy atom. The molecule has 5 aromatic rings. The van der Waals surface area contributed by atoms with E-state index in [9.17, 15) is 57.8 Å². The lowest BCUT2D eigenvalue weighted by Gasteiger charge is -2.58. The zero-order valence-corrected chi connectivity index (χ0v) is 31.0. The second kappa shape index (κ2) is 14.9. The van der Waals surface area contributed by atoms with Crippen LogP contribution in [0.4, 0.5) is 52.7 Å². The highest BCUT2D eigenvalue weighted by Gasteiger charge is 2.54. The second-order valence-electron chi connectivity index (χ2n) is 15.3. The maximum Gasteiger partial charge on any atom is 0.416 e. The summed E-state index contributed by atoms with van der Waals surface area (Å²) in [6.07, 6.45) is -17.7. The summed E-state index contributed by atoms with van der Waals surface area (Å²) in [5.74, 6) is 0.504. The maximum atomic E-state index is 14.0. The summed E-state index contributed by atoms with van der Waals surface area (Å²) in [7, 11) is 1.48. The number of piperidine rings is 3. The van der Waals surface area contributed by atoms with E-state index >= 15 is 0 Å². The Morgan fingerprint density at radius 1 is 0.729 bits per heavy atom. The lowest BCUT2D eigenvalue weighted by molar-refractivity contribution is -0.984. The van der Waals surface area contributed by atoms with Crippen molar-refractivity contribution in [3.63, 3.8) is 0 Å². The monoisotopic (exact) mass is 839 g/mol. The van der Waals surface area contributed by atoms with Crippen molar-refractivity contribution >= 4 is 10.9 Å². The SMILES string of the molecule is C=C[C@H]1C[N@+]2(Cc3cc(-c4cc(C(F)(F)F)cc(C(F)(F)F)c4)cc(-c4cc(C(F)(F)F)cc(C(F)(F)F)c4)c3)CC[C@H]1C[C@@H]2[C@@H](O)c1ccnc2ccc(OC)cc12. The van der Waals surface area contributed by atoms with Crippen LogP contribution in [0.5, 0.6) is 5.75 Å². The fourth-order valence-electron chi connectivity index (χ4n) is 8.84. The van der Waals surface area contributed by atoms with Gasteiger partial charge in [-0.05, 0) is 113 Å². The standard InChI is InChI=1S/C43H35F12N2O2/c1-3-24-22-57(9-7-25(24)17-38(57)39(58)35-6-8-56-37-5-4-34(59-2)20-36(35)37)21-23-10-26(28-13-30(40(44,45)46)18-31(14-28)41(47,48)49)12-27(11-23)29-15-32(42(50,51)52)19-33(16-29)43(53,54)55/h3-6,8,10-16,18-20,24-25,38-39,58H,1,7,9,17,21-22H2,2H3/q+1/t24-,25-,38+,39-,57+/m0/s1. The zero-order valence-electron chi connectivity index (χ0n) is 31.0. The van der Waals surface area contributed by atoms with Crippen molar-refractivity contribution in [1.82, 2.24) is 4.98 Å². The molecule has 4 nitrogen and oxygen atoms in total. The number of rotatable bonds is 8. The highest BCUT2D eigenvalue weighted by molar-refractivity contribution is 5.84. The molecule has 0 unspecified atom stereocenters. The largest absolute Gasteiger partial charge is 0.497 e. The molecule has 3 fully saturated rings. The van der Waals surface area contributed by atoms with E-state index in [1.165, 1.54) is 25.4 Å². The molecule has 1 N–H and O–H groups in total. The molecule has 1 aromatic heterocycles. The maximum absolute atomic E-state index is 14.0. The van der Waals surface area contributed by atoms with Crippen LogP contribution in [0.1, 0.15) is 52.3 Å². The highest BCUT2D eigenvalue weighted by Crippen LogP contribution is 2.49. The van der Waals surface area contributed by atoms with Crippen LogP contribution in [0.15, 0.2) is 97.7 Å². The Bertz CT molecular complexity index is 2240. The minimum atomic E-state index is -5.25. The van der Waals surface area contributed by atoms with Crippen LogP contribution in [-0.4, -0.2) is 40.8 Å². The Hall–Kier alpha value is -5.09. The van der Waals surface area contributed by atoms with Crippen molar-refractivity contribution in [2.24, 2.45) is 11.8 Å². The van der Waals surface area contributed by atoms with E-state index in [-0.39, 0.29) is 51.7 Å². The molecule has 312 valence electrons. The molecule has 0 aliphatic carbocycles. The van der Waals surface area contributed by atoms with Gasteiger partial charge in [0.25, 0.3) is 0 Å². The second-order valence-corrected chi connectivity index (χ2v) is 15.3. The first-order valence-electron chi connectivity index (χ1n) is 18.3. The van der Waals surface area contributed by atoms with Crippen molar-refractivity contribution < 1.29 is 67.0 Å². The van der Waals surface area contributed by atoms with Crippen LogP contribution in [0.3, 0.4) is 0 Å². The fraction of sp³-hybridized carbons (Fsp3) is 0.326. The van der Waals surface area contributed by atoms with Gasteiger partial charge in [-0.1, -0.05) is 6.08 Å². The molecule has 4 heterocycles. The molecule has 16 heteroatoms. The smallest absolute Gasteiger partial charge is 0.416 e. The van der Waals surface area contributed by atoms with Crippen LogP contribution in [0.25, 0.3) is 33.2 Å². The lowest BCUT2D eigenvalue weighted by Crippen LogP contribution is -2.67. The number of halogens is 12. The number of aliphatic hydroxyl groups is 1. The van der Waals surface area contributed by atoms with E-state index in [1.54, 1.807) is 30.3 Å². The third-order valence-electron chi connectivity index (χ3n) is 11.7. The van der Waals surface area contributed by atoms with Crippen molar-refractivity contribution in [2.75, 3.05) is 20.2 Å². The lowest BCUT2D eigenvalue weighted by atomic mass is 9.71. The Balaban J connectivity index is 1.44. The number of fused-ring (bicyclic) bond motifs is 4. The van der Waals surface area contributed by atoms with Gasteiger partial charge in [-0.2, -0.15) is 52.7 Å². The number of nitrogens with zero attached hydrogens (tertiary/aromatic N) is 2. The third-order valence-corrected chi connectivity index (χ3v) is 11.7. The van der Waals surface area contributed by atoms with Gasteiger partial charge >= 0.3 is 24.7 Å². The van der Waals surface area contributed by atoms with Crippen LogP contribution >= 0.6 is 0 Å². The Labute approximate surface area is 330 Å². The molecule has 3 saturated heterocycles. The minimum absolute atomic E-state index is 0.0534. The molecule has 0 spiro atoms. The van der Waals surface area contributed by atoms with Gasteiger partial charge in [0, 0.05) is 35.9 Å². The first kappa shape index (κ1) is 42.0. The van der Waals surface area contributed by atoms with Crippen LogP contribution in [0, 0.1) is 11.8 Å². The average molecular weight is 840 g/mol. The molecular weight excluding hydrogens is 804 g/mol. The van der Waals surface area contributed by atoms with E-state index in [0.29, 0.717) is 72.4 Å². The number of quaternary nitrogens is 1. The normalized spacial score (nSPS) is 21.8. The molecule has 5 atom stereocenters. The van der Waals surface area contributed by atoms with Gasteiger partial charge in [-0.15, -0.1) is 6.58 Å². The molecular formula is C43H35F12N2O2+. The predicted octanol–water partition coefficient (Wildman–Crippen LogP) is 12.3. The zero-order chi connectivity index (χ0) is 42.9. The highest BCUT2D eigenvalue weighted by atomic mass is 19.4. The summed E-state index contributed by atoms with van der Waals surface area (Å²) in [5, 5.41) is 12.9. The number of hydrogen-bond donors (Lipinski definition) is 1. The van der Waals surface area contributed by atoms with Crippen LogP contribution in [-0.2, 0) is 31.2 Å². The van der Waals surface area contributed by atoms with Gasteiger partial charge in [0.2, 0.25) is 0 Å². The Morgan fingerprint density at radius 3 is 1.71 bits per heavy atom. The van der Waals surface area contributed by atoms with Gasteiger partial charge in [0.1, 0.15) is 24.4 Å². The van der Waals surface area contributed by atoms with Gasteiger partial charge in [-0.25, -0.2) is 0 Å². The molecule has 3 aliphatic heterocycles. The van der Waals surface area contributed by atoms with Gasteiger partial charge in [0.05, 0.1) is 48.0 Å². The van der Waals surface area contributed by atoms with Crippen LogP contribution < -0.4 is 4.74 Å². The number of benzene rings is 4. The third kappa shape index (κ3) is 8.38. The molecule has 4 aromatic carbocycles. The molecule has 0 amide bonds. The summed E-state index contributed by atoms with van der Waals surface area (Å²) in [5.41, 5.74) is -7.23. The fourth-order valence-corrected chi connectivity index (χ4v) is 8.84. The molecule has 8 rings (SSSR count). The first-order valence-corrected chi connectivity index (χ1v) is 18.3. The molecule has 59 heavy (non-hydrogen) atoms. The van der Waals surface area contributed by atoms with Crippen LogP contribution in [0.2, 0.25) is 0 Å². The van der Waals surface area contributed by atoms with Crippen molar-refractivity contribution in [1.29, 1.82) is 0 Å². The number of aliphatic hydroxyl groups excluding tert-OH is 1. The summed E-state index contributed by atoms with van der Waals surface area (Å²) in [4.78, 5) is 4.40. The average Bonchev–Trinajstić information content (AvgIpc) is 3.18. The number of ether oxygens (including phenoxy) is 1. The number of methoxy groups -OCH3 is 1. The first-order chi connectivity index (χ1) is 27.5. The number of alkyl halides is 12. The van der Waals surface area contributed by atoms with Crippen molar-refractivity contribution in [2.45, 2.75) is 56.2 Å². The van der Waals surface area contributed by atoms with Crippen molar-refractivity contribution in [3.8, 4) is 28.0 Å². The number of aromatic nitrogens is 1. The van der Waals surface area contributed by atoms with Crippen molar-refractivity contribution in [3.05, 3.63) is 131 Å². The molecule has 0 radical (unpaired) electrons. The number of pyridine rings is 1. The minimum Gasteiger partial charge on any atom is -0.497 e. The summed E-state index contributed by atoms with van der Waals surface area (Å²) < 4.78 is 174. The summed E-state index contributed by atoms with van der Waals surface area (Å²) in [6, 6.07) is 11.5. The van der Waals surface area contributed by atoms with Gasteiger partial charge < -0.3 is 14.3 Å². The predicted molar refractivity (Wildman–Crippen MR) is 194 cm³/mol.